The minimum Gasteiger partial charge on any atom is -0.103 e. The van der Waals surface area contributed by atoms with Crippen LogP contribution in [0.25, 0.3) is 0 Å². The first-order chi connectivity index (χ1) is 5.07. The van der Waals surface area contributed by atoms with E-state index < -0.39 is 0 Å². The zero-order valence-corrected chi connectivity index (χ0v) is 8.22. The van der Waals surface area contributed by atoms with Crippen molar-refractivity contribution in [2.45, 2.75) is 34.1 Å². The third-order valence-electron chi connectivity index (χ3n) is 2.17. The number of hydrogen-bond acceptors (Lipinski definition) is 0. The van der Waals surface area contributed by atoms with Crippen LogP contribution < -0.4 is 0 Å². The van der Waals surface area contributed by atoms with Gasteiger partial charge in [-0.3, -0.25) is 0 Å². The molecule has 2 atom stereocenters. The molecule has 0 saturated heterocycles. The molecule has 0 bridgehead atoms. The lowest BCUT2D eigenvalue weighted by atomic mass is 9.92. The van der Waals surface area contributed by atoms with Crippen molar-refractivity contribution in [2.75, 3.05) is 0 Å². The quantitative estimate of drug-likeness (QED) is 0.537. The second kappa shape index (κ2) is 5.17. The van der Waals surface area contributed by atoms with E-state index in [4.69, 9.17) is 0 Å². The molecule has 0 nitrogen and oxygen atoms in total. The van der Waals surface area contributed by atoms with Crippen molar-refractivity contribution in [3.8, 4) is 0 Å². The summed E-state index contributed by atoms with van der Waals surface area (Å²) in [5.41, 5.74) is 1.41. The molecule has 0 heteroatoms. The highest BCUT2D eigenvalue weighted by molar-refractivity contribution is 4.95. The molecule has 0 rings (SSSR count). The standard InChI is InChI=1S/C11H20/c1-6-10(4)11(5)8-7-9(2)3/h6-7,10-11H,1,8H2,2-5H3. The Balaban J connectivity index is 3.77. The van der Waals surface area contributed by atoms with Crippen molar-refractivity contribution in [3.05, 3.63) is 24.3 Å². The van der Waals surface area contributed by atoms with Crippen LogP contribution in [-0.4, -0.2) is 0 Å². The fourth-order valence-corrected chi connectivity index (χ4v) is 0.869. The van der Waals surface area contributed by atoms with Crippen LogP contribution in [0.4, 0.5) is 0 Å². The van der Waals surface area contributed by atoms with E-state index in [0.29, 0.717) is 5.92 Å². The van der Waals surface area contributed by atoms with Gasteiger partial charge in [-0.25, -0.2) is 0 Å². The van der Waals surface area contributed by atoms with Crippen LogP contribution in [0, 0.1) is 11.8 Å². The fourth-order valence-electron chi connectivity index (χ4n) is 0.869. The van der Waals surface area contributed by atoms with Crippen molar-refractivity contribution in [2.24, 2.45) is 11.8 Å². The van der Waals surface area contributed by atoms with E-state index in [1.807, 2.05) is 6.08 Å². The van der Waals surface area contributed by atoms with Gasteiger partial charge in [-0.2, -0.15) is 0 Å². The second-order valence-corrected chi connectivity index (χ2v) is 3.59. The van der Waals surface area contributed by atoms with Crippen molar-refractivity contribution in [1.82, 2.24) is 0 Å². The Labute approximate surface area is 71.0 Å². The van der Waals surface area contributed by atoms with Gasteiger partial charge in [0.1, 0.15) is 0 Å². The van der Waals surface area contributed by atoms with E-state index in [9.17, 15) is 0 Å². The summed E-state index contributed by atoms with van der Waals surface area (Å²) >= 11 is 0. The zero-order valence-electron chi connectivity index (χ0n) is 8.22. The Morgan fingerprint density at radius 2 is 1.91 bits per heavy atom. The molecule has 64 valence electrons. The minimum atomic E-state index is 0.630. The van der Waals surface area contributed by atoms with Gasteiger partial charge in [-0.05, 0) is 32.1 Å². The summed E-state index contributed by atoms with van der Waals surface area (Å²) < 4.78 is 0. The van der Waals surface area contributed by atoms with Gasteiger partial charge in [0.15, 0.2) is 0 Å². The monoisotopic (exact) mass is 152 g/mol. The molecule has 11 heavy (non-hydrogen) atoms. The highest BCUT2D eigenvalue weighted by Crippen LogP contribution is 2.16. The first kappa shape index (κ1) is 10.5. The van der Waals surface area contributed by atoms with Gasteiger partial charge < -0.3 is 0 Å². The largest absolute Gasteiger partial charge is 0.103 e. The van der Waals surface area contributed by atoms with Gasteiger partial charge in [-0.15, -0.1) is 6.58 Å². The lowest BCUT2D eigenvalue weighted by molar-refractivity contribution is 0.465. The molecule has 0 aromatic heterocycles. The van der Waals surface area contributed by atoms with Crippen LogP contribution >= 0.6 is 0 Å². The van der Waals surface area contributed by atoms with Gasteiger partial charge in [0.05, 0.1) is 0 Å². The molecule has 0 radical (unpaired) electrons. The van der Waals surface area contributed by atoms with Crippen molar-refractivity contribution in [1.29, 1.82) is 0 Å². The van der Waals surface area contributed by atoms with Crippen molar-refractivity contribution in [3.63, 3.8) is 0 Å². The molecule has 0 aliphatic heterocycles. The normalized spacial score (nSPS) is 15.3. The average Bonchev–Trinajstić information content (AvgIpc) is 1.98. The molecule has 0 aromatic carbocycles. The maximum Gasteiger partial charge on any atom is -0.0236 e. The highest BCUT2D eigenvalue weighted by atomic mass is 14.1. The molecular formula is C11H20. The topological polar surface area (TPSA) is 0 Å². The third kappa shape index (κ3) is 4.83. The molecule has 2 unspecified atom stereocenters. The smallest absolute Gasteiger partial charge is 0.0236 e. The zero-order chi connectivity index (χ0) is 8.85. The summed E-state index contributed by atoms with van der Waals surface area (Å²) in [6.45, 7) is 12.6. The van der Waals surface area contributed by atoms with E-state index in [1.165, 1.54) is 12.0 Å². The summed E-state index contributed by atoms with van der Waals surface area (Å²) in [4.78, 5) is 0. The van der Waals surface area contributed by atoms with Gasteiger partial charge in [0.2, 0.25) is 0 Å². The molecule has 0 spiro atoms. The predicted molar refractivity (Wildman–Crippen MR) is 52.6 cm³/mol. The van der Waals surface area contributed by atoms with Crippen LogP contribution in [0.3, 0.4) is 0 Å². The molecular weight excluding hydrogens is 132 g/mol. The third-order valence-corrected chi connectivity index (χ3v) is 2.17. The fraction of sp³-hybridized carbons (Fsp3) is 0.636. The molecule has 0 fully saturated rings. The van der Waals surface area contributed by atoms with E-state index in [2.05, 4.69) is 40.3 Å². The second-order valence-electron chi connectivity index (χ2n) is 3.59. The number of hydrogen-bond donors (Lipinski definition) is 0. The molecule has 0 saturated carbocycles. The minimum absolute atomic E-state index is 0.630. The maximum atomic E-state index is 3.79. The molecule has 0 amide bonds. The van der Waals surface area contributed by atoms with Gasteiger partial charge in [0, 0.05) is 0 Å². The molecule has 0 N–H and O–H groups in total. The Morgan fingerprint density at radius 3 is 2.27 bits per heavy atom. The maximum absolute atomic E-state index is 3.79. The number of rotatable bonds is 4. The summed E-state index contributed by atoms with van der Waals surface area (Å²) in [6, 6.07) is 0. The summed E-state index contributed by atoms with van der Waals surface area (Å²) in [5.74, 6) is 1.35. The Morgan fingerprint density at radius 1 is 1.36 bits per heavy atom. The van der Waals surface area contributed by atoms with Gasteiger partial charge >= 0.3 is 0 Å². The van der Waals surface area contributed by atoms with Gasteiger partial charge in [0.25, 0.3) is 0 Å². The SMILES string of the molecule is C=CC(C)C(C)CC=C(C)C. The first-order valence-electron chi connectivity index (χ1n) is 4.33. The van der Waals surface area contributed by atoms with Crippen LogP contribution in [-0.2, 0) is 0 Å². The van der Waals surface area contributed by atoms with Crippen molar-refractivity contribution >= 4 is 0 Å². The average molecular weight is 152 g/mol. The molecule has 0 aromatic rings. The van der Waals surface area contributed by atoms with Crippen LogP contribution in [0.5, 0.6) is 0 Å². The summed E-state index contributed by atoms with van der Waals surface area (Å²) in [5, 5.41) is 0. The molecule has 0 aliphatic rings. The molecule has 0 aliphatic carbocycles. The van der Waals surface area contributed by atoms with E-state index in [-0.39, 0.29) is 0 Å². The predicted octanol–water partition coefficient (Wildman–Crippen LogP) is 3.80. The van der Waals surface area contributed by atoms with E-state index in [0.717, 1.165) is 5.92 Å². The van der Waals surface area contributed by atoms with E-state index in [1.54, 1.807) is 0 Å². The lowest BCUT2D eigenvalue weighted by Gasteiger charge is -2.13. The highest BCUT2D eigenvalue weighted by Gasteiger charge is 2.05. The van der Waals surface area contributed by atoms with Crippen LogP contribution in [0.15, 0.2) is 24.3 Å². The lowest BCUT2D eigenvalue weighted by Crippen LogP contribution is -2.03. The van der Waals surface area contributed by atoms with Crippen molar-refractivity contribution < 1.29 is 0 Å². The Hall–Kier alpha value is -0.520. The Bertz CT molecular complexity index is 138. The summed E-state index contributed by atoms with van der Waals surface area (Å²) in [7, 11) is 0. The van der Waals surface area contributed by atoms with Crippen LogP contribution in [0.1, 0.15) is 34.1 Å². The Kier molecular flexibility index (Phi) is 4.93. The molecule has 0 heterocycles. The first-order valence-corrected chi connectivity index (χ1v) is 4.33. The van der Waals surface area contributed by atoms with Crippen LogP contribution in [0.2, 0.25) is 0 Å². The summed E-state index contributed by atoms with van der Waals surface area (Å²) in [6.07, 6.45) is 5.50. The van der Waals surface area contributed by atoms with Gasteiger partial charge in [-0.1, -0.05) is 31.6 Å². The van der Waals surface area contributed by atoms with E-state index >= 15 is 0 Å². The number of allylic oxidation sites excluding steroid dienone is 3.